The Labute approximate surface area is 185 Å². The lowest BCUT2D eigenvalue weighted by Gasteiger charge is -2.19. The van der Waals surface area contributed by atoms with Gasteiger partial charge in [-0.15, -0.1) is 0 Å². The van der Waals surface area contributed by atoms with Gasteiger partial charge in [0, 0.05) is 30.4 Å². The molecule has 0 saturated carbocycles. The van der Waals surface area contributed by atoms with Crippen LogP contribution in [0.25, 0.3) is 0 Å². The molecule has 3 N–H and O–H groups in total. The maximum atomic E-state index is 13.1. The summed E-state index contributed by atoms with van der Waals surface area (Å²) in [5.41, 5.74) is 7.45. The summed E-state index contributed by atoms with van der Waals surface area (Å²) in [4.78, 5) is 25.6. The fraction of sp³-hybridized carbons (Fsp3) is 0.130. The minimum Gasteiger partial charge on any atom is -0.366 e. The summed E-state index contributed by atoms with van der Waals surface area (Å²) in [6, 6.07) is 15.7. The van der Waals surface area contributed by atoms with Crippen LogP contribution in [0.2, 0.25) is 0 Å². The number of rotatable bonds is 7. The molecule has 3 aromatic rings. The zero-order valence-corrected chi connectivity index (χ0v) is 18.3. The van der Waals surface area contributed by atoms with Gasteiger partial charge in [0.15, 0.2) is 0 Å². The predicted octanol–water partition coefficient (Wildman–Crippen LogP) is 3.31. The summed E-state index contributed by atoms with van der Waals surface area (Å²) < 4.78 is 41.0. The number of amides is 2. The van der Waals surface area contributed by atoms with Gasteiger partial charge in [0.25, 0.3) is 15.9 Å². The molecule has 3 aromatic carbocycles. The fourth-order valence-electron chi connectivity index (χ4n) is 3.06. The normalized spacial score (nSPS) is 11.1. The SMILES string of the molecule is Cc1ccc(S(=O)(=O)Nc2ccc(F)cc2)cc1C(=O)N(C)Cc1ccc(C(N)=O)cc1. The summed E-state index contributed by atoms with van der Waals surface area (Å²) in [6.45, 7) is 1.97. The van der Waals surface area contributed by atoms with Crippen LogP contribution in [0.4, 0.5) is 10.1 Å². The summed E-state index contributed by atoms with van der Waals surface area (Å²) in [7, 11) is -2.38. The number of hydrogen-bond donors (Lipinski definition) is 2. The van der Waals surface area contributed by atoms with E-state index >= 15 is 0 Å². The number of hydrogen-bond acceptors (Lipinski definition) is 4. The average Bonchev–Trinajstić information content (AvgIpc) is 2.75. The molecule has 0 aliphatic heterocycles. The van der Waals surface area contributed by atoms with E-state index in [1.807, 2.05) is 0 Å². The number of anilines is 1. The highest BCUT2D eigenvalue weighted by Crippen LogP contribution is 2.21. The van der Waals surface area contributed by atoms with Crippen LogP contribution in [0.5, 0.6) is 0 Å². The van der Waals surface area contributed by atoms with Crippen molar-refractivity contribution in [2.24, 2.45) is 5.73 Å². The number of nitrogens with one attached hydrogen (secondary N) is 1. The average molecular weight is 456 g/mol. The van der Waals surface area contributed by atoms with Crippen molar-refractivity contribution in [3.63, 3.8) is 0 Å². The van der Waals surface area contributed by atoms with E-state index in [0.717, 1.165) is 17.7 Å². The molecule has 3 rings (SSSR count). The van der Waals surface area contributed by atoms with Gasteiger partial charge in [0.2, 0.25) is 5.91 Å². The highest BCUT2D eigenvalue weighted by atomic mass is 32.2. The van der Waals surface area contributed by atoms with Crippen LogP contribution in [0.15, 0.2) is 71.6 Å². The van der Waals surface area contributed by atoms with Gasteiger partial charge in [0.05, 0.1) is 4.90 Å². The lowest BCUT2D eigenvalue weighted by Crippen LogP contribution is -2.27. The van der Waals surface area contributed by atoms with E-state index < -0.39 is 21.7 Å². The lowest BCUT2D eigenvalue weighted by atomic mass is 10.1. The third kappa shape index (κ3) is 5.30. The zero-order chi connectivity index (χ0) is 23.5. The maximum Gasteiger partial charge on any atom is 0.261 e. The van der Waals surface area contributed by atoms with E-state index in [2.05, 4.69) is 4.72 Å². The number of carbonyl (C=O) groups excluding carboxylic acids is 2. The lowest BCUT2D eigenvalue weighted by molar-refractivity contribution is 0.0783. The molecule has 0 atom stereocenters. The number of halogens is 1. The quantitative estimate of drug-likeness (QED) is 0.570. The highest BCUT2D eigenvalue weighted by Gasteiger charge is 2.20. The van der Waals surface area contributed by atoms with Crippen molar-refractivity contribution in [1.29, 1.82) is 0 Å². The monoisotopic (exact) mass is 455 g/mol. The number of aryl methyl sites for hydroxylation is 1. The molecule has 0 unspecified atom stereocenters. The van der Waals surface area contributed by atoms with E-state index in [-0.39, 0.29) is 28.6 Å². The molecule has 0 aliphatic rings. The molecular formula is C23H22FN3O4S. The van der Waals surface area contributed by atoms with Crippen molar-refractivity contribution in [2.75, 3.05) is 11.8 Å². The first kappa shape index (κ1) is 23.0. The molecule has 0 bridgehead atoms. The van der Waals surface area contributed by atoms with Gasteiger partial charge in [-0.1, -0.05) is 18.2 Å². The van der Waals surface area contributed by atoms with Crippen LogP contribution < -0.4 is 10.5 Å². The first-order valence-corrected chi connectivity index (χ1v) is 11.1. The van der Waals surface area contributed by atoms with Gasteiger partial charge in [0.1, 0.15) is 5.82 Å². The van der Waals surface area contributed by atoms with Crippen molar-refractivity contribution >= 4 is 27.5 Å². The Morgan fingerprint density at radius 2 is 1.62 bits per heavy atom. The van der Waals surface area contributed by atoms with Crippen molar-refractivity contribution in [2.45, 2.75) is 18.4 Å². The minimum absolute atomic E-state index is 0.0880. The molecule has 0 heterocycles. The Kier molecular flexibility index (Phi) is 6.59. The molecule has 0 saturated heterocycles. The van der Waals surface area contributed by atoms with E-state index in [9.17, 15) is 22.4 Å². The van der Waals surface area contributed by atoms with E-state index in [1.165, 1.54) is 29.2 Å². The Morgan fingerprint density at radius 3 is 2.22 bits per heavy atom. The standard InChI is InChI=1S/C23H22FN3O4S/c1-15-3-12-20(32(30,31)26-19-10-8-18(24)9-11-19)13-21(15)23(29)27(2)14-16-4-6-17(7-5-16)22(25)28/h3-13,26H,14H2,1-2H3,(H2,25,28). The van der Waals surface area contributed by atoms with Crippen LogP contribution in [-0.4, -0.2) is 32.2 Å². The van der Waals surface area contributed by atoms with Gasteiger partial charge >= 0.3 is 0 Å². The Hall–Kier alpha value is -3.72. The van der Waals surface area contributed by atoms with Crippen molar-refractivity contribution in [3.8, 4) is 0 Å². The molecule has 7 nitrogen and oxygen atoms in total. The molecular weight excluding hydrogens is 433 g/mol. The van der Waals surface area contributed by atoms with Crippen LogP contribution in [0.1, 0.15) is 31.8 Å². The van der Waals surface area contributed by atoms with Crippen LogP contribution in [0.3, 0.4) is 0 Å². The van der Waals surface area contributed by atoms with Crippen molar-refractivity contribution in [3.05, 3.63) is 94.8 Å². The predicted molar refractivity (Wildman–Crippen MR) is 119 cm³/mol. The Morgan fingerprint density at radius 1 is 1.00 bits per heavy atom. The number of primary amides is 1. The first-order valence-electron chi connectivity index (χ1n) is 9.60. The number of sulfonamides is 1. The minimum atomic E-state index is -3.98. The summed E-state index contributed by atoms with van der Waals surface area (Å²) >= 11 is 0. The van der Waals surface area contributed by atoms with Crippen molar-refractivity contribution in [1.82, 2.24) is 4.90 Å². The summed E-state index contributed by atoms with van der Waals surface area (Å²) in [5, 5.41) is 0. The molecule has 0 aromatic heterocycles. The van der Waals surface area contributed by atoms with E-state index in [1.54, 1.807) is 44.3 Å². The largest absolute Gasteiger partial charge is 0.366 e. The topological polar surface area (TPSA) is 110 Å². The zero-order valence-electron chi connectivity index (χ0n) is 17.5. The molecule has 9 heteroatoms. The summed E-state index contributed by atoms with van der Waals surface area (Å²) in [6.07, 6.45) is 0. The molecule has 0 aliphatic carbocycles. The van der Waals surface area contributed by atoms with Gasteiger partial charge < -0.3 is 10.6 Å². The first-order chi connectivity index (χ1) is 15.1. The van der Waals surface area contributed by atoms with E-state index in [0.29, 0.717) is 11.1 Å². The smallest absolute Gasteiger partial charge is 0.261 e. The Balaban J connectivity index is 1.81. The van der Waals surface area contributed by atoms with Gasteiger partial charge in [-0.05, 0) is 66.6 Å². The third-order valence-corrected chi connectivity index (χ3v) is 6.23. The Bertz CT molecular complexity index is 1260. The number of nitrogens with zero attached hydrogens (tertiary/aromatic N) is 1. The van der Waals surface area contributed by atoms with Gasteiger partial charge in [-0.25, -0.2) is 12.8 Å². The second-order valence-corrected chi connectivity index (χ2v) is 8.99. The molecule has 166 valence electrons. The number of benzene rings is 3. The van der Waals surface area contributed by atoms with Crippen LogP contribution in [0, 0.1) is 12.7 Å². The third-order valence-electron chi connectivity index (χ3n) is 4.85. The molecule has 0 spiro atoms. The number of carbonyl (C=O) groups is 2. The maximum absolute atomic E-state index is 13.1. The summed E-state index contributed by atoms with van der Waals surface area (Å²) in [5.74, 6) is -1.38. The van der Waals surface area contributed by atoms with Gasteiger partial charge in [-0.3, -0.25) is 14.3 Å². The molecule has 0 fully saturated rings. The second kappa shape index (κ2) is 9.19. The highest BCUT2D eigenvalue weighted by molar-refractivity contribution is 7.92. The van der Waals surface area contributed by atoms with Crippen LogP contribution in [-0.2, 0) is 16.6 Å². The molecule has 2 amide bonds. The molecule has 32 heavy (non-hydrogen) atoms. The molecule has 0 radical (unpaired) electrons. The fourth-order valence-corrected chi connectivity index (χ4v) is 4.14. The number of nitrogens with two attached hydrogens (primary N) is 1. The van der Waals surface area contributed by atoms with Crippen molar-refractivity contribution < 1.29 is 22.4 Å². The van der Waals surface area contributed by atoms with Gasteiger partial charge in [-0.2, -0.15) is 0 Å². The van der Waals surface area contributed by atoms with E-state index in [4.69, 9.17) is 5.73 Å². The second-order valence-electron chi connectivity index (χ2n) is 7.31. The van der Waals surface area contributed by atoms with Crippen LogP contribution >= 0.6 is 0 Å².